The summed E-state index contributed by atoms with van der Waals surface area (Å²) in [5.74, 6) is -0.758. The molecular weight excluding hydrogens is 351 g/mol. The molecular formula is C18H10Cl2O4. The Kier molecular flexibility index (Phi) is 3.59. The topological polar surface area (TPSA) is 56.5 Å². The van der Waals surface area contributed by atoms with Gasteiger partial charge in [-0.2, -0.15) is 0 Å². The zero-order chi connectivity index (χ0) is 16.8. The van der Waals surface area contributed by atoms with Gasteiger partial charge in [-0.1, -0.05) is 47.5 Å². The van der Waals surface area contributed by atoms with Crippen molar-refractivity contribution in [2.75, 3.05) is 0 Å². The molecule has 0 saturated heterocycles. The predicted octanol–water partition coefficient (Wildman–Crippen LogP) is 4.54. The Balaban J connectivity index is 2.04. The number of halogens is 2. The van der Waals surface area contributed by atoms with Crippen LogP contribution in [0.1, 0.15) is 23.5 Å². The van der Waals surface area contributed by atoms with E-state index in [1.165, 1.54) is 0 Å². The van der Waals surface area contributed by atoms with Crippen molar-refractivity contribution in [1.29, 1.82) is 0 Å². The standard InChI is InChI=1S/C18H10Cl2O4/c19-12-6-3-5-9(16(12)20)11-8-14(21)24-17-10-4-1-2-7-13(10)23-18(22)15(11)17/h1-7,11H,8H2/t11-/m0/s1. The van der Waals surface area contributed by atoms with Crippen LogP contribution in [0.5, 0.6) is 5.75 Å². The van der Waals surface area contributed by atoms with E-state index in [-0.39, 0.29) is 17.7 Å². The van der Waals surface area contributed by atoms with Gasteiger partial charge in [-0.3, -0.25) is 4.79 Å². The van der Waals surface area contributed by atoms with Crippen molar-refractivity contribution in [3.05, 3.63) is 74.1 Å². The number of fused-ring (bicyclic) bond motifs is 3. The van der Waals surface area contributed by atoms with Gasteiger partial charge in [-0.05, 0) is 23.8 Å². The van der Waals surface area contributed by atoms with Gasteiger partial charge in [0.05, 0.1) is 27.4 Å². The number of carbonyl (C=O) groups is 1. The summed E-state index contributed by atoms with van der Waals surface area (Å²) in [4.78, 5) is 24.7. The lowest BCUT2D eigenvalue weighted by Crippen LogP contribution is -2.27. The first-order valence-electron chi connectivity index (χ1n) is 7.26. The Labute approximate surface area is 146 Å². The number of hydrogen-bond acceptors (Lipinski definition) is 4. The van der Waals surface area contributed by atoms with Crippen molar-refractivity contribution in [2.24, 2.45) is 0 Å². The van der Waals surface area contributed by atoms with Gasteiger partial charge in [0.2, 0.25) is 0 Å². The summed E-state index contributed by atoms with van der Waals surface area (Å²) in [5, 5.41) is 1.25. The molecule has 1 aromatic heterocycles. The zero-order valence-corrected chi connectivity index (χ0v) is 13.7. The fourth-order valence-corrected chi connectivity index (χ4v) is 3.47. The van der Waals surface area contributed by atoms with Crippen molar-refractivity contribution < 1.29 is 13.9 Å². The van der Waals surface area contributed by atoms with E-state index in [2.05, 4.69) is 0 Å². The van der Waals surface area contributed by atoms with E-state index in [1.54, 1.807) is 42.5 Å². The second kappa shape index (κ2) is 5.65. The number of ether oxygens (including phenoxy) is 1. The lowest BCUT2D eigenvalue weighted by molar-refractivity contribution is -0.135. The Bertz CT molecular complexity index is 1040. The number of carbonyl (C=O) groups excluding carboxylic acids is 1. The molecule has 0 amide bonds. The molecule has 0 unspecified atom stereocenters. The molecule has 4 nitrogen and oxygen atoms in total. The molecule has 1 aliphatic heterocycles. The molecule has 0 saturated carbocycles. The molecule has 0 fully saturated rings. The first-order chi connectivity index (χ1) is 11.6. The molecule has 24 heavy (non-hydrogen) atoms. The molecule has 6 heteroatoms. The Morgan fingerprint density at radius 1 is 1.00 bits per heavy atom. The molecule has 0 spiro atoms. The van der Waals surface area contributed by atoms with Crippen LogP contribution in [0.3, 0.4) is 0 Å². The van der Waals surface area contributed by atoms with Crippen LogP contribution < -0.4 is 10.4 Å². The molecule has 0 bridgehead atoms. The van der Waals surface area contributed by atoms with Crippen molar-refractivity contribution in [2.45, 2.75) is 12.3 Å². The van der Waals surface area contributed by atoms with E-state index in [1.807, 2.05) is 0 Å². The van der Waals surface area contributed by atoms with Crippen LogP contribution in [0.4, 0.5) is 0 Å². The zero-order valence-electron chi connectivity index (χ0n) is 12.2. The number of rotatable bonds is 1. The first-order valence-corrected chi connectivity index (χ1v) is 8.02. The number of benzene rings is 2. The minimum atomic E-state index is -0.562. The molecule has 0 radical (unpaired) electrons. The molecule has 2 aromatic carbocycles. The fourth-order valence-electron chi connectivity index (χ4n) is 3.03. The normalized spacial score (nSPS) is 16.8. The van der Waals surface area contributed by atoms with Crippen LogP contribution >= 0.6 is 23.2 Å². The van der Waals surface area contributed by atoms with Gasteiger partial charge in [-0.25, -0.2) is 4.79 Å². The van der Waals surface area contributed by atoms with E-state index in [0.29, 0.717) is 26.6 Å². The molecule has 2 heterocycles. The molecule has 0 aliphatic carbocycles. The van der Waals surface area contributed by atoms with Crippen molar-refractivity contribution in [1.82, 2.24) is 0 Å². The van der Waals surface area contributed by atoms with Crippen LogP contribution in [0.2, 0.25) is 10.0 Å². The maximum atomic E-state index is 12.5. The highest BCUT2D eigenvalue weighted by Gasteiger charge is 2.35. The average Bonchev–Trinajstić information content (AvgIpc) is 2.56. The van der Waals surface area contributed by atoms with Gasteiger partial charge < -0.3 is 9.15 Å². The van der Waals surface area contributed by atoms with E-state index in [4.69, 9.17) is 32.4 Å². The van der Waals surface area contributed by atoms with Gasteiger partial charge in [0.25, 0.3) is 0 Å². The van der Waals surface area contributed by atoms with Gasteiger partial charge in [0.15, 0.2) is 5.75 Å². The highest BCUT2D eigenvalue weighted by atomic mass is 35.5. The Morgan fingerprint density at radius 3 is 2.62 bits per heavy atom. The largest absolute Gasteiger partial charge is 0.425 e. The summed E-state index contributed by atoms with van der Waals surface area (Å²) in [6, 6.07) is 12.0. The van der Waals surface area contributed by atoms with E-state index in [9.17, 15) is 9.59 Å². The SMILES string of the molecule is O=C1C[C@@H](c2cccc(Cl)c2Cl)c2c(c3ccccc3oc2=O)O1. The van der Waals surface area contributed by atoms with E-state index < -0.39 is 17.5 Å². The summed E-state index contributed by atoms with van der Waals surface area (Å²) in [6.07, 6.45) is -0.00381. The van der Waals surface area contributed by atoms with Crippen LogP contribution in [0, 0.1) is 0 Å². The number of esters is 1. The molecule has 1 atom stereocenters. The molecule has 3 aromatic rings. The van der Waals surface area contributed by atoms with Crippen molar-refractivity contribution in [3.63, 3.8) is 0 Å². The average molecular weight is 361 g/mol. The lowest BCUT2D eigenvalue weighted by Gasteiger charge is -2.25. The van der Waals surface area contributed by atoms with E-state index in [0.717, 1.165) is 0 Å². The van der Waals surface area contributed by atoms with Crippen LogP contribution in [0.25, 0.3) is 11.0 Å². The second-order valence-electron chi connectivity index (χ2n) is 5.50. The van der Waals surface area contributed by atoms with Crippen LogP contribution in [-0.2, 0) is 4.79 Å². The summed E-state index contributed by atoms with van der Waals surface area (Å²) in [7, 11) is 0. The molecule has 4 rings (SSSR count). The van der Waals surface area contributed by atoms with Crippen molar-refractivity contribution >= 4 is 40.1 Å². The summed E-state index contributed by atoms with van der Waals surface area (Å²) >= 11 is 12.4. The third-order valence-electron chi connectivity index (χ3n) is 4.09. The monoisotopic (exact) mass is 360 g/mol. The lowest BCUT2D eigenvalue weighted by atomic mass is 9.86. The highest BCUT2D eigenvalue weighted by molar-refractivity contribution is 6.42. The predicted molar refractivity (Wildman–Crippen MR) is 91.0 cm³/mol. The maximum Gasteiger partial charge on any atom is 0.343 e. The molecule has 120 valence electrons. The van der Waals surface area contributed by atoms with Gasteiger partial charge in [-0.15, -0.1) is 0 Å². The van der Waals surface area contributed by atoms with Gasteiger partial charge in [0, 0.05) is 5.92 Å². The van der Waals surface area contributed by atoms with Crippen LogP contribution in [0.15, 0.2) is 51.7 Å². The fraction of sp³-hybridized carbons (Fsp3) is 0.111. The Hall–Kier alpha value is -2.30. The van der Waals surface area contributed by atoms with Crippen molar-refractivity contribution in [3.8, 4) is 5.75 Å². The van der Waals surface area contributed by atoms with E-state index >= 15 is 0 Å². The van der Waals surface area contributed by atoms with Gasteiger partial charge in [0.1, 0.15) is 5.58 Å². The smallest absolute Gasteiger partial charge is 0.343 e. The maximum absolute atomic E-state index is 12.5. The number of hydrogen-bond donors (Lipinski definition) is 0. The third-order valence-corrected chi connectivity index (χ3v) is 4.92. The van der Waals surface area contributed by atoms with Gasteiger partial charge >= 0.3 is 11.6 Å². The second-order valence-corrected chi connectivity index (χ2v) is 6.29. The summed E-state index contributed by atoms with van der Waals surface area (Å²) in [6.45, 7) is 0. The summed E-state index contributed by atoms with van der Waals surface area (Å²) in [5.41, 5.74) is 0.714. The third kappa shape index (κ3) is 2.30. The first kappa shape index (κ1) is 15.2. The highest BCUT2D eigenvalue weighted by Crippen LogP contribution is 2.43. The minimum Gasteiger partial charge on any atom is -0.425 e. The minimum absolute atomic E-state index is 0.00381. The summed E-state index contributed by atoms with van der Waals surface area (Å²) < 4.78 is 10.8. The molecule has 0 N–H and O–H groups in total. The van der Waals surface area contributed by atoms with Crippen LogP contribution in [-0.4, -0.2) is 5.97 Å². The quantitative estimate of drug-likeness (QED) is 0.472. The molecule has 1 aliphatic rings. The Morgan fingerprint density at radius 2 is 1.79 bits per heavy atom. The number of para-hydroxylation sites is 1.